The van der Waals surface area contributed by atoms with E-state index in [1.807, 2.05) is 6.07 Å². The third kappa shape index (κ3) is 1.80. The maximum atomic E-state index is 13.1. The molecular formula is C16H14I2O2S. The molecule has 21 heavy (non-hydrogen) atoms. The van der Waals surface area contributed by atoms with Gasteiger partial charge in [-0.2, -0.15) is 0 Å². The lowest BCUT2D eigenvalue weighted by atomic mass is 9.70. The maximum Gasteiger partial charge on any atom is 0.175 e. The van der Waals surface area contributed by atoms with Gasteiger partial charge in [-0.05, 0) is 82.0 Å². The molecule has 3 fully saturated rings. The summed E-state index contributed by atoms with van der Waals surface area (Å²) in [5, 5.41) is 1.07. The number of Topliss-reactive ketones (excluding diaryl/α,β-unsaturated/α-hetero) is 1. The summed E-state index contributed by atoms with van der Waals surface area (Å²) in [6.07, 6.45) is 4.15. The van der Waals surface area contributed by atoms with Crippen LogP contribution in [0.25, 0.3) is 0 Å². The lowest BCUT2D eigenvalue weighted by Crippen LogP contribution is -2.50. The summed E-state index contributed by atoms with van der Waals surface area (Å²) in [7, 11) is 0. The summed E-state index contributed by atoms with van der Waals surface area (Å²) in [6, 6.07) is 4.12. The molecule has 2 bridgehead atoms. The molecule has 2 saturated heterocycles. The van der Waals surface area contributed by atoms with Crippen molar-refractivity contribution in [2.24, 2.45) is 17.8 Å². The number of carbonyl (C=O) groups is 1. The number of ether oxygens (including phenoxy) is 1. The smallest absolute Gasteiger partial charge is 0.175 e. The van der Waals surface area contributed by atoms with Gasteiger partial charge in [0.15, 0.2) is 5.78 Å². The highest BCUT2D eigenvalue weighted by atomic mass is 127. The summed E-state index contributed by atoms with van der Waals surface area (Å²) < 4.78 is 8.58. The van der Waals surface area contributed by atoms with Gasteiger partial charge in [-0.15, -0.1) is 11.8 Å². The monoisotopic (exact) mass is 524 g/mol. The first-order valence-electron chi connectivity index (χ1n) is 7.50. The first-order chi connectivity index (χ1) is 10.1. The number of carbonyl (C=O) groups excluding carboxylic acids is 1. The minimum absolute atomic E-state index is 0.112. The van der Waals surface area contributed by atoms with Gasteiger partial charge in [0.1, 0.15) is 11.9 Å². The van der Waals surface area contributed by atoms with Crippen LogP contribution in [0, 0.1) is 24.9 Å². The van der Waals surface area contributed by atoms with Crippen LogP contribution in [0.4, 0.5) is 0 Å². The molecule has 6 atom stereocenters. The Balaban J connectivity index is 1.62. The Morgan fingerprint density at radius 2 is 1.90 bits per heavy atom. The number of halogens is 2. The summed E-state index contributed by atoms with van der Waals surface area (Å²) in [5.74, 6) is 2.88. The number of thioether (sulfide) groups is 1. The Hall–Kier alpha value is 0.500. The second-order valence-electron chi connectivity index (χ2n) is 6.56. The molecular weight excluding hydrogens is 510 g/mol. The average Bonchev–Trinajstić information content (AvgIpc) is 3.07. The minimum Gasteiger partial charge on any atom is -0.488 e. The standard InChI is InChI=1S/C16H14I2O2S/c17-6-4-9(18)11-10(5-6)20-14-12(13(11)19)15-7-2-1-3-8(7)16(14)21-15/h4-5,7-8,12,14-16H,1-3H2. The van der Waals surface area contributed by atoms with Crippen molar-refractivity contribution < 1.29 is 9.53 Å². The second kappa shape index (κ2) is 4.75. The van der Waals surface area contributed by atoms with Crippen molar-refractivity contribution >= 4 is 62.7 Å². The van der Waals surface area contributed by atoms with Crippen molar-refractivity contribution in [1.29, 1.82) is 0 Å². The van der Waals surface area contributed by atoms with Gasteiger partial charge in [-0.25, -0.2) is 0 Å². The van der Waals surface area contributed by atoms with Crippen LogP contribution in [0.2, 0.25) is 0 Å². The molecule has 1 aromatic rings. The highest BCUT2D eigenvalue weighted by molar-refractivity contribution is 14.1. The van der Waals surface area contributed by atoms with E-state index in [1.54, 1.807) is 0 Å². The van der Waals surface area contributed by atoms with Gasteiger partial charge in [-0.3, -0.25) is 4.79 Å². The summed E-state index contributed by atoms with van der Waals surface area (Å²) in [6.45, 7) is 0. The zero-order valence-corrected chi connectivity index (χ0v) is 16.4. The van der Waals surface area contributed by atoms with Crippen molar-refractivity contribution in [2.45, 2.75) is 35.9 Å². The molecule has 5 rings (SSSR count). The van der Waals surface area contributed by atoms with Crippen LogP contribution in [0.3, 0.4) is 0 Å². The SMILES string of the molecule is O=C1c2c(I)cc(I)cc2OC2C3SC(C4CCCC43)C12. The molecule has 1 saturated carbocycles. The quantitative estimate of drug-likeness (QED) is 0.472. The molecule has 0 aromatic heterocycles. The van der Waals surface area contributed by atoms with E-state index >= 15 is 0 Å². The van der Waals surface area contributed by atoms with E-state index in [9.17, 15) is 4.79 Å². The predicted molar refractivity (Wildman–Crippen MR) is 100 cm³/mol. The van der Waals surface area contributed by atoms with E-state index in [4.69, 9.17) is 4.74 Å². The van der Waals surface area contributed by atoms with Gasteiger partial charge in [0.05, 0.1) is 11.5 Å². The predicted octanol–water partition coefficient (Wildman–Crippen LogP) is 4.37. The number of fused-ring (bicyclic) bond motifs is 9. The molecule has 1 aliphatic carbocycles. The molecule has 2 nitrogen and oxygen atoms in total. The molecule has 4 aliphatic rings. The molecule has 0 spiro atoms. The van der Waals surface area contributed by atoms with Crippen LogP contribution in [0.5, 0.6) is 5.75 Å². The van der Waals surface area contributed by atoms with Crippen LogP contribution in [0.15, 0.2) is 12.1 Å². The number of rotatable bonds is 0. The zero-order chi connectivity index (χ0) is 14.3. The lowest BCUT2D eigenvalue weighted by molar-refractivity contribution is 0.0459. The van der Waals surface area contributed by atoms with Gasteiger partial charge < -0.3 is 4.74 Å². The number of ketones is 1. The van der Waals surface area contributed by atoms with E-state index in [-0.39, 0.29) is 12.0 Å². The Morgan fingerprint density at radius 1 is 1.14 bits per heavy atom. The summed E-state index contributed by atoms with van der Waals surface area (Å²) in [5.41, 5.74) is 0.847. The molecule has 3 heterocycles. The minimum atomic E-state index is 0.112. The highest BCUT2D eigenvalue weighted by Gasteiger charge is 2.64. The van der Waals surface area contributed by atoms with E-state index < -0.39 is 0 Å². The van der Waals surface area contributed by atoms with Crippen molar-refractivity contribution in [1.82, 2.24) is 0 Å². The Labute approximate surface area is 155 Å². The van der Waals surface area contributed by atoms with E-state index in [1.165, 1.54) is 19.3 Å². The third-order valence-electron chi connectivity index (χ3n) is 5.65. The van der Waals surface area contributed by atoms with E-state index in [2.05, 4.69) is 63.0 Å². The highest BCUT2D eigenvalue weighted by Crippen LogP contribution is 2.63. The normalized spacial score (nSPS) is 42.5. The van der Waals surface area contributed by atoms with Gasteiger partial charge in [-0.1, -0.05) is 6.42 Å². The molecule has 0 radical (unpaired) electrons. The average molecular weight is 524 g/mol. The van der Waals surface area contributed by atoms with Crippen molar-refractivity contribution in [2.75, 3.05) is 0 Å². The van der Waals surface area contributed by atoms with Gasteiger partial charge in [0.25, 0.3) is 0 Å². The van der Waals surface area contributed by atoms with Crippen molar-refractivity contribution in [3.05, 3.63) is 24.8 Å². The fourth-order valence-corrected chi connectivity index (χ4v) is 9.24. The summed E-state index contributed by atoms with van der Waals surface area (Å²) >= 11 is 6.66. The lowest BCUT2D eigenvalue weighted by Gasteiger charge is -2.39. The van der Waals surface area contributed by atoms with Crippen LogP contribution < -0.4 is 4.74 Å². The number of hydrogen-bond donors (Lipinski definition) is 0. The largest absolute Gasteiger partial charge is 0.488 e. The topological polar surface area (TPSA) is 26.3 Å². The maximum absolute atomic E-state index is 13.1. The Kier molecular flexibility index (Phi) is 3.14. The summed E-state index contributed by atoms with van der Waals surface area (Å²) in [4.78, 5) is 13.1. The Morgan fingerprint density at radius 3 is 2.71 bits per heavy atom. The fourth-order valence-electron chi connectivity index (χ4n) is 4.91. The third-order valence-corrected chi connectivity index (χ3v) is 9.01. The number of benzene rings is 1. The molecule has 0 amide bonds. The van der Waals surface area contributed by atoms with E-state index in [0.717, 1.165) is 30.3 Å². The molecule has 5 heteroatoms. The second-order valence-corrected chi connectivity index (χ2v) is 10.3. The molecule has 110 valence electrons. The van der Waals surface area contributed by atoms with Gasteiger partial charge in [0.2, 0.25) is 0 Å². The van der Waals surface area contributed by atoms with Crippen LogP contribution in [-0.2, 0) is 0 Å². The molecule has 6 unspecified atom stereocenters. The first-order valence-corrected chi connectivity index (χ1v) is 10.6. The first kappa shape index (κ1) is 13.9. The zero-order valence-electron chi connectivity index (χ0n) is 11.2. The van der Waals surface area contributed by atoms with E-state index in [0.29, 0.717) is 16.3 Å². The fraction of sp³-hybridized carbons (Fsp3) is 0.562. The molecule has 3 aliphatic heterocycles. The number of hydrogen-bond acceptors (Lipinski definition) is 3. The van der Waals surface area contributed by atoms with Crippen molar-refractivity contribution in [3.63, 3.8) is 0 Å². The van der Waals surface area contributed by atoms with Crippen LogP contribution >= 0.6 is 56.9 Å². The Bertz CT molecular complexity index is 662. The van der Waals surface area contributed by atoms with Crippen LogP contribution in [0.1, 0.15) is 29.6 Å². The molecule has 1 aromatic carbocycles. The van der Waals surface area contributed by atoms with Crippen molar-refractivity contribution in [3.8, 4) is 5.75 Å². The molecule has 0 N–H and O–H groups in total. The van der Waals surface area contributed by atoms with Gasteiger partial charge in [0, 0.05) is 17.6 Å². The van der Waals surface area contributed by atoms with Gasteiger partial charge >= 0.3 is 0 Å². The van der Waals surface area contributed by atoms with Crippen LogP contribution in [-0.4, -0.2) is 22.4 Å².